The third kappa shape index (κ3) is 9.57. The second kappa shape index (κ2) is 7.32. The van der Waals surface area contributed by atoms with E-state index in [-0.39, 0.29) is 13.0 Å². The Morgan fingerprint density at radius 3 is 2.44 bits per heavy atom. The number of hydrogen-bond acceptors (Lipinski definition) is 2. The van der Waals surface area contributed by atoms with Gasteiger partial charge in [-0.1, -0.05) is 13.8 Å². The molecule has 4 nitrogen and oxygen atoms in total. The van der Waals surface area contributed by atoms with Gasteiger partial charge in [-0.15, -0.1) is 0 Å². The lowest BCUT2D eigenvalue weighted by Gasteiger charge is -2.10. The molecular weight excluding hydrogens is 221 g/mol. The Bertz CT molecular complexity index is 213. The fourth-order valence-corrected chi connectivity index (χ4v) is 0.922. The van der Waals surface area contributed by atoms with Crippen molar-refractivity contribution in [2.45, 2.75) is 32.9 Å². The molecule has 16 heavy (non-hydrogen) atoms. The van der Waals surface area contributed by atoms with Crippen LogP contribution in [0, 0.1) is 5.92 Å². The van der Waals surface area contributed by atoms with E-state index < -0.39 is 12.6 Å². The third-order valence-corrected chi connectivity index (χ3v) is 1.68. The average molecular weight is 240 g/mol. The number of hydrogen-bond donors (Lipinski definition) is 3. The number of nitrogens with two attached hydrogens (primary N) is 1. The van der Waals surface area contributed by atoms with Crippen LogP contribution < -0.4 is 16.6 Å². The molecule has 0 aliphatic rings. The van der Waals surface area contributed by atoms with Crippen molar-refractivity contribution in [3.05, 3.63) is 0 Å². The Kier molecular flexibility index (Phi) is 6.87. The summed E-state index contributed by atoms with van der Waals surface area (Å²) >= 11 is 0. The van der Waals surface area contributed by atoms with E-state index in [0.29, 0.717) is 18.4 Å². The summed E-state index contributed by atoms with van der Waals surface area (Å²) in [6.45, 7) is 4.75. The molecule has 0 aromatic heterocycles. The van der Waals surface area contributed by atoms with Crippen LogP contribution in [0.1, 0.15) is 26.7 Å². The number of hydrazine groups is 1. The number of nitrogens with zero attached hydrogens (tertiary/aromatic N) is 1. The average Bonchev–Trinajstić information content (AvgIpc) is 2.15. The van der Waals surface area contributed by atoms with Crippen LogP contribution in [-0.4, -0.2) is 25.2 Å². The van der Waals surface area contributed by atoms with Gasteiger partial charge in [-0.2, -0.15) is 13.2 Å². The van der Waals surface area contributed by atoms with E-state index in [1.165, 1.54) is 0 Å². The number of rotatable bonds is 5. The van der Waals surface area contributed by atoms with Gasteiger partial charge in [-0.25, -0.2) is 5.84 Å². The van der Waals surface area contributed by atoms with Crippen molar-refractivity contribution in [2.75, 3.05) is 13.1 Å². The van der Waals surface area contributed by atoms with Crippen LogP contribution in [0.2, 0.25) is 0 Å². The van der Waals surface area contributed by atoms with Crippen molar-refractivity contribution < 1.29 is 13.2 Å². The molecule has 96 valence electrons. The van der Waals surface area contributed by atoms with E-state index in [0.717, 1.165) is 0 Å². The minimum atomic E-state index is -4.10. The van der Waals surface area contributed by atoms with Crippen molar-refractivity contribution in [3.63, 3.8) is 0 Å². The highest BCUT2D eigenvalue weighted by Gasteiger charge is 2.25. The van der Waals surface area contributed by atoms with Gasteiger partial charge in [0.15, 0.2) is 0 Å². The fraction of sp³-hybridized carbons (Fsp3) is 0.889. The van der Waals surface area contributed by atoms with E-state index in [9.17, 15) is 13.2 Å². The van der Waals surface area contributed by atoms with Gasteiger partial charge in [0.05, 0.1) is 0 Å². The summed E-state index contributed by atoms with van der Waals surface area (Å²) < 4.78 is 35.5. The van der Waals surface area contributed by atoms with Crippen molar-refractivity contribution in [3.8, 4) is 0 Å². The number of nitrogens with one attached hydrogen (secondary N) is 2. The summed E-state index contributed by atoms with van der Waals surface area (Å²) in [5.74, 6) is 5.87. The number of guanidine groups is 1. The van der Waals surface area contributed by atoms with Gasteiger partial charge >= 0.3 is 6.18 Å². The van der Waals surface area contributed by atoms with Gasteiger partial charge in [0.25, 0.3) is 0 Å². The summed E-state index contributed by atoms with van der Waals surface area (Å²) in [7, 11) is 0. The number of alkyl halides is 3. The van der Waals surface area contributed by atoms with Crippen LogP contribution in [0.4, 0.5) is 13.2 Å². The molecule has 4 N–H and O–H groups in total. The Morgan fingerprint density at radius 2 is 2.00 bits per heavy atom. The lowest BCUT2D eigenvalue weighted by Crippen LogP contribution is -2.42. The van der Waals surface area contributed by atoms with Crippen molar-refractivity contribution in [1.29, 1.82) is 0 Å². The van der Waals surface area contributed by atoms with E-state index in [1.807, 2.05) is 13.8 Å². The van der Waals surface area contributed by atoms with Crippen molar-refractivity contribution >= 4 is 5.96 Å². The fourth-order valence-electron chi connectivity index (χ4n) is 0.922. The summed E-state index contributed by atoms with van der Waals surface area (Å²) in [5.41, 5.74) is 2.31. The van der Waals surface area contributed by atoms with E-state index in [4.69, 9.17) is 5.84 Å². The first-order valence-electron chi connectivity index (χ1n) is 5.17. The highest BCUT2D eigenvalue weighted by Crippen LogP contribution is 2.20. The predicted molar refractivity (Wildman–Crippen MR) is 57.8 cm³/mol. The topological polar surface area (TPSA) is 62.4 Å². The van der Waals surface area contributed by atoms with Crippen LogP contribution in [0.5, 0.6) is 0 Å². The molecule has 0 aromatic carbocycles. The maximum atomic E-state index is 11.8. The Labute approximate surface area is 93.5 Å². The molecule has 7 heteroatoms. The molecular formula is C9H19F3N4. The third-order valence-electron chi connectivity index (χ3n) is 1.68. The zero-order valence-electron chi connectivity index (χ0n) is 9.56. The molecule has 0 amide bonds. The van der Waals surface area contributed by atoms with Crippen LogP contribution in [0.3, 0.4) is 0 Å². The van der Waals surface area contributed by atoms with Crippen LogP contribution in [-0.2, 0) is 0 Å². The van der Waals surface area contributed by atoms with E-state index in [1.54, 1.807) is 0 Å². The molecule has 0 aromatic rings. The van der Waals surface area contributed by atoms with Gasteiger partial charge in [0, 0.05) is 19.5 Å². The van der Waals surface area contributed by atoms with Crippen molar-refractivity contribution in [1.82, 2.24) is 10.7 Å². The van der Waals surface area contributed by atoms with Gasteiger partial charge in [-0.3, -0.25) is 10.4 Å². The first kappa shape index (κ1) is 15.0. The lowest BCUT2D eigenvalue weighted by molar-refractivity contribution is -0.135. The second-order valence-corrected chi connectivity index (χ2v) is 3.87. The monoisotopic (exact) mass is 240 g/mol. The quantitative estimate of drug-likeness (QED) is 0.224. The molecule has 0 heterocycles. The Morgan fingerprint density at radius 1 is 1.38 bits per heavy atom. The molecule has 0 rings (SSSR count). The molecule has 0 spiro atoms. The Hall–Kier alpha value is -0.980. The molecule has 0 radical (unpaired) electrons. The zero-order chi connectivity index (χ0) is 12.6. The summed E-state index contributed by atoms with van der Waals surface area (Å²) in [6, 6.07) is 0. The van der Waals surface area contributed by atoms with Crippen LogP contribution >= 0.6 is 0 Å². The molecule has 0 saturated heterocycles. The maximum absolute atomic E-state index is 11.8. The molecule has 0 aliphatic heterocycles. The number of halogens is 3. The smallest absolute Gasteiger partial charge is 0.355 e. The molecule has 0 aliphatic carbocycles. The van der Waals surface area contributed by atoms with Crippen molar-refractivity contribution in [2.24, 2.45) is 16.8 Å². The molecule has 0 bridgehead atoms. The normalized spacial score (nSPS) is 13.1. The second-order valence-electron chi connectivity index (χ2n) is 3.87. The Balaban J connectivity index is 3.75. The highest BCUT2D eigenvalue weighted by molar-refractivity contribution is 5.79. The summed E-state index contributed by atoms with van der Waals surface area (Å²) in [5, 5.41) is 2.71. The van der Waals surface area contributed by atoms with Gasteiger partial charge in [-0.05, 0) is 12.3 Å². The maximum Gasteiger partial charge on any atom is 0.389 e. The SMILES string of the molecule is CC(C)CN=C(NN)NCCCC(F)(F)F. The standard InChI is InChI=1S/C9H19F3N4/c1-7(2)6-15-8(16-13)14-5-3-4-9(10,11)12/h7H,3-6,13H2,1-2H3,(H2,14,15,16). The molecule has 0 unspecified atom stereocenters. The van der Waals surface area contributed by atoms with Gasteiger partial charge in [0.1, 0.15) is 0 Å². The van der Waals surface area contributed by atoms with Gasteiger partial charge < -0.3 is 5.32 Å². The van der Waals surface area contributed by atoms with Gasteiger partial charge in [0.2, 0.25) is 5.96 Å². The van der Waals surface area contributed by atoms with E-state index in [2.05, 4.69) is 15.7 Å². The lowest BCUT2D eigenvalue weighted by atomic mass is 10.2. The van der Waals surface area contributed by atoms with Crippen LogP contribution in [0.25, 0.3) is 0 Å². The van der Waals surface area contributed by atoms with E-state index >= 15 is 0 Å². The first-order valence-corrected chi connectivity index (χ1v) is 5.17. The largest absolute Gasteiger partial charge is 0.389 e. The minimum Gasteiger partial charge on any atom is -0.355 e. The molecule has 0 fully saturated rings. The summed E-state index contributed by atoms with van der Waals surface area (Å²) in [6.07, 6.45) is -4.90. The molecule has 0 saturated carbocycles. The van der Waals surface area contributed by atoms with Crippen LogP contribution in [0.15, 0.2) is 4.99 Å². The number of aliphatic imine (C=N–C) groups is 1. The first-order chi connectivity index (χ1) is 7.35. The minimum absolute atomic E-state index is 0.00583. The highest BCUT2D eigenvalue weighted by atomic mass is 19.4. The zero-order valence-corrected chi connectivity index (χ0v) is 9.56. The summed E-state index contributed by atoms with van der Waals surface area (Å²) in [4.78, 5) is 4.06. The predicted octanol–water partition coefficient (Wildman–Crippen LogP) is 1.39. The molecule has 0 atom stereocenters.